The van der Waals surface area contributed by atoms with E-state index in [1.165, 1.54) is 0 Å². The van der Waals surface area contributed by atoms with Gasteiger partial charge in [-0.25, -0.2) is 13.1 Å². The summed E-state index contributed by atoms with van der Waals surface area (Å²) >= 11 is 0. The number of nitrogens with two attached hydrogens (primary N) is 1. The maximum Gasteiger partial charge on any atom is 0.240 e. The monoisotopic (exact) mass is 284 g/mol. The highest BCUT2D eigenvalue weighted by molar-refractivity contribution is 7.89. The van der Waals surface area contributed by atoms with Crippen LogP contribution in [0.1, 0.15) is 18.4 Å². The lowest BCUT2D eigenvalue weighted by atomic mass is 10.1. The van der Waals surface area contributed by atoms with Crippen molar-refractivity contribution < 1.29 is 13.2 Å². The van der Waals surface area contributed by atoms with Crippen LogP contribution in [0.5, 0.6) is 0 Å². The average Bonchev–Trinajstić information content (AvgIpc) is 2.85. The Balaban J connectivity index is 1.99. The summed E-state index contributed by atoms with van der Waals surface area (Å²) in [7, 11) is -3.48. The van der Waals surface area contributed by atoms with Crippen molar-refractivity contribution in [2.75, 3.05) is 25.5 Å². The summed E-state index contributed by atoms with van der Waals surface area (Å²) in [5.74, 6) is 0.463. The zero-order valence-corrected chi connectivity index (χ0v) is 11.9. The van der Waals surface area contributed by atoms with E-state index in [0.29, 0.717) is 23.7 Å². The molecule has 1 aliphatic heterocycles. The van der Waals surface area contributed by atoms with E-state index in [1.54, 1.807) is 25.1 Å². The molecule has 0 amide bonds. The second-order valence-corrected chi connectivity index (χ2v) is 6.62. The summed E-state index contributed by atoms with van der Waals surface area (Å²) in [6, 6.07) is 4.93. The number of nitrogens with one attached hydrogen (secondary N) is 1. The molecule has 3 N–H and O–H groups in total. The maximum atomic E-state index is 12.2. The second kappa shape index (κ2) is 5.90. The number of benzene rings is 1. The van der Waals surface area contributed by atoms with Crippen molar-refractivity contribution in [3.8, 4) is 0 Å². The molecule has 1 fully saturated rings. The van der Waals surface area contributed by atoms with Gasteiger partial charge in [0.25, 0.3) is 0 Å². The molecule has 1 aliphatic rings. The molecule has 0 bridgehead atoms. The molecule has 2 rings (SSSR count). The Morgan fingerprint density at radius 1 is 1.47 bits per heavy atom. The van der Waals surface area contributed by atoms with Crippen LogP contribution >= 0.6 is 0 Å². The van der Waals surface area contributed by atoms with Crippen LogP contribution in [0.4, 0.5) is 5.69 Å². The van der Waals surface area contributed by atoms with Crippen molar-refractivity contribution in [1.82, 2.24) is 4.72 Å². The van der Waals surface area contributed by atoms with Crippen molar-refractivity contribution >= 4 is 15.7 Å². The highest BCUT2D eigenvalue weighted by Crippen LogP contribution is 2.21. The van der Waals surface area contributed by atoms with Gasteiger partial charge in [-0.1, -0.05) is 6.07 Å². The molecule has 0 aromatic heterocycles. The largest absolute Gasteiger partial charge is 0.398 e. The molecule has 0 spiro atoms. The third-order valence-corrected chi connectivity index (χ3v) is 5.09. The van der Waals surface area contributed by atoms with Gasteiger partial charge < -0.3 is 10.5 Å². The van der Waals surface area contributed by atoms with Crippen molar-refractivity contribution in [1.29, 1.82) is 0 Å². The van der Waals surface area contributed by atoms with Gasteiger partial charge in [0.05, 0.1) is 4.90 Å². The van der Waals surface area contributed by atoms with Gasteiger partial charge in [-0.15, -0.1) is 0 Å². The fraction of sp³-hybridized carbons (Fsp3) is 0.538. The second-order valence-electron chi connectivity index (χ2n) is 4.89. The zero-order chi connectivity index (χ0) is 13.9. The molecule has 1 unspecified atom stereocenters. The first kappa shape index (κ1) is 14.3. The molecule has 1 aromatic rings. The van der Waals surface area contributed by atoms with Gasteiger partial charge in [0.1, 0.15) is 0 Å². The van der Waals surface area contributed by atoms with Gasteiger partial charge in [0, 0.05) is 25.4 Å². The lowest BCUT2D eigenvalue weighted by molar-refractivity contribution is 0.184. The molecule has 5 nitrogen and oxygen atoms in total. The van der Waals surface area contributed by atoms with Crippen LogP contribution in [0.15, 0.2) is 23.1 Å². The molecule has 1 aromatic carbocycles. The van der Waals surface area contributed by atoms with E-state index in [0.717, 1.165) is 26.1 Å². The first-order valence-electron chi connectivity index (χ1n) is 6.43. The summed E-state index contributed by atoms with van der Waals surface area (Å²) in [6.07, 6.45) is 1.82. The van der Waals surface area contributed by atoms with Gasteiger partial charge in [-0.3, -0.25) is 0 Å². The van der Waals surface area contributed by atoms with Crippen LogP contribution in [-0.2, 0) is 14.8 Å². The molecular formula is C13H20N2O3S. The topological polar surface area (TPSA) is 81.4 Å². The van der Waals surface area contributed by atoms with Crippen molar-refractivity contribution in [3.05, 3.63) is 23.8 Å². The third-order valence-electron chi connectivity index (χ3n) is 3.48. The highest BCUT2D eigenvalue weighted by Gasteiger charge is 2.19. The first-order chi connectivity index (χ1) is 9.00. The van der Waals surface area contributed by atoms with Crippen LogP contribution in [0.25, 0.3) is 0 Å². The summed E-state index contributed by atoms with van der Waals surface area (Å²) in [5.41, 5.74) is 6.83. The smallest absolute Gasteiger partial charge is 0.240 e. The number of ether oxygens (including phenoxy) is 1. The number of hydrogen-bond acceptors (Lipinski definition) is 4. The van der Waals surface area contributed by atoms with E-state index in [1.807, 2.05) is 0 Å². The Bertz CT molecular complexity index is 537. The predicted molar refractivity (Wildman–Crippen MR) is 74.3 cm³/mol. The van der Waals surface area contributed by atoms with Crippen molar-refractivity contribution in [3.63, 3.8) is 0 Å². The molecule has 106 valence electrons. The molecule has 0 aliphatic carbocycles. The number of nitrogen functional groups attached to an aromatic ring is 1. The fourth-order valence-corrected chi connectivity index (χ4v) is 3.53. The van der Waals surface area contributed by atoms with Crippen molar-refractivity contribution in [2.45, 2.75) is 24.7 Å². The van der Waals surface area contributed by atoms with E-state index in [4.69, 9.17) is 10.5 Å². The lowest BCUT2D eigenvalue weighted by Crippen LogP contribution is -2.27. The highest BCUT2D eigenvalue weighted by atomic mass is 32.2. The maximum absolute atomic E-state index is 12.2. The molecule has 1 saturated heterocycles. The number of rotatable bonds is 5. The Hall–Kier alpha value is -1.11. The third kappa shape index (κ3) is 3.46. The molecule has 1 atom stereocenters. The van der Waals surface area contributed by atoms with Crippen LogP contribution in [0, 0.1) is 12.8 Å². The van der Waals surface area contributed by atoms with Crippen LogP contribution in [0.3, 0.4) is 0 Å². The molecule has 0 radical (unpaired) electrons. The minimum absolute atomic E-state index is 0.259. The first-order valence-corrected chi connectivity index (χ1v) is 7.91. The molecule has 0 saturated carbocycles. The van der Waals surface area contributed by atoms with Crippen LogP contribution < -0.4 is 10.5 Å². The Kier molecular flexibility index (Phi) is 4.44. The molecule has 1 heterocycles. The standard InChI is InChI=1S/C13H20N2O3S/c1-10-12(14)3-2-4-13(10)19(16,17)15-7-5-11-6-8-18-9-11/h2-4,11,15H,5-9,14H2,1H3. The van der Waals surface area contributed by atoms with Gasteiger partial charge in [0.2, 0.25) is 10.0 Å². The van der Waals surface area contributed by atoms with E-state index in [-0.39, 0.29) is 4.90 Å². The van der Waals surface area contributed by atoms with Gasteiger partial charge >= 0.3 is 0 Å². The average molecular weight is 284 g/mol. The Morgan fingerprint density at radius 2 is 2.26 bits per heavy atom. The quantitative estimate of drug-likeness (QED) is 0.798. The minimum atomic E-state index is -3.48. The number of anilines is 1. The SMILES string of the molecule is Cc1c(N)cccc1S(=O)(=O)NCCC1CCOC1. The van der Waals surface area contributed by atoms with E-state index in [9.17, 15) is 8.42 Å². The number of hydrogen-bond donors (Lipinski definition) is 2. The zero-order valence-electron chi connectivity index (χ0n) is 11.1. The van der Waals surface area contributed by atoms with Gasteiger partial charge in [-0.2, -0.15) is 0 Å². The summed E-state index contributed by atoms with van der Waals surface area (Å²) in [5, 5.41) is 0. The molecular weight excluding hydrogens is 264 g/mol. The summed E-state index contributed by atoms with van der Waals surface area (Å²) in [6.45, 7) is 3.67. The Morgan fingerprint density at radius 3 is 2.95 bits per heavy atom. The van der Waals surface area contributed by atoms with E-state index >= 15 is 0 Å². The molecule has 19 heavy (non-hydrogen) atoms. The van der Waals surface area contributed by atoms with Gasteiger partial charge in [-0.05, 0) is 43.4 Å². The Labute approximate surface area is 114 Å². The van der Waals surface area contributed by atoms with Crippen LogP contribution in [-0.4, -0.2) is 28.2 Å². The summed E-state index contributed by atoms with van der Waals surface area (Å²) < 4.78 is 32.3. The minimum Gasteiger partial charge on any atom is -0.398 e. The lowest BCUT2D eigenvalue weighted by Gasteiger charge is -2.12. The predicted octanol–water partition coefficient (Wildman–Crippen LogP) is 1.28. The molecule has 6 heteroatoms. The van der Waals surface area contributed by atoms with E-state index in [2.05, 4.69) is 4.72 Å². The summed E-state index contributed by atoms with van der Waals surface area (Å²) in [4.78, 5) is 0.259. The fourth-order valence-electron chi connectivity index (χ4n) is 2.21. The van der Waals surface area contributed by atoms with Crippen LogP contribution in [0.2, 0.25) is 0 Å². The van der Waals surface area contributed by atoms with E-state index < -0.39 is 10.0 Å². The van der Waals surface area contributed by atoms with Gasteiger partial charge in [0.15, 0.2) is 0 Å². The van der Waals surface area contributed by atoms with Crippen molar-refractivity contribution in [2.24, 2.45) is 5.92 Å². The normalized spacial score (nSPS) is 19.7. The number of sulfonamides is 1.